The largest absolute Gasteiger partial charge is 0.497 e. The van der Waals surface area contributed by atoms with Crippen LogP contribution in [0.25, 0.3) is 0 Å². The van der Waals surface area contributed by atoms with Crippen LogP contribution in [0.2, 0.25) is 0 Å². The van der Waals surface area contributed by atoms with Crippen LogP contribution >= 0.6 is 12.2 Å². The first-order chi connectivity index (χ1) is 14.3. The van der Waals surface area contributed by atoms with Crippen LogP contribution < -0.4 is 20.1 Å². The van der Waals surface area contributed by atoms with Crippen molar-refractivity contribution >= 4 is 38.7 Å². The highest BCUT2D eigenvalue weighted by Gasteiger charge is 2.27. The molecule has 8 heteroatoms. The summed E-state index contributed by atoms with van der Waals surface area (Å²) in [7, 11) is -2.12. The lowest BCUT2D eigenvalue weighted by Crippen LogP contribution is -2.45. The second-order valence-corrected chi connectivity index (χ2v) is 9.92. The fourth-order valence-corrected chi connectivity index (χ4v) is 5.04. The van der Waals surface area contributed by atoms with Crippen LogP contribution in [0.5, 0.6) is 5.75 Å². The Morgan fingerprint density at radius 3 is 2.27 bits per heavy atom. The van der Waals surface area contributed by atoms with Gasteiger partial charge in [0.25, 0.3) is 10.0 Å². The molecule has 1 saturated carbocycles. The minimum atomic E-state index is -3.68. The van der Waals surface area contributed by atoms with Crippen LogP contribution in [0.15, 0.2) is 53.4 Å². The van der Waals surface area contributed by atoms with E-state index in [1.54, 1.807) is 55.6 Å². The van der Waals surface area contributed by atoms with Gasteiger partial charge < -0.3 is 15.4 Å². The third-order valence-electron chi connectivity index (χ3n) is 5.79. The third-order valence-corrected chi connectivity index (χ3v) is 7.41. The van der Waals surface area contributed by atoms with E-state index in [-0.39, 0.29) is 4.90 Å². The van der Waals surface area contributed by atoms with E-state index in [1.165, 1.54) is 12.8 Å². The Morgan fingerprint density at radius 1 is 1.00 bits per heavy atom. The second-order valence-electron chi connectivity index (χ2n) is 7.83. The first-order valence-corrected chi connectivity index (χ1v) is 12.0. The maximum absolute atomic E-state index is 12.6. The van der Waals surface area contributed by atoms with Crippen molar-refractivity contribution in [1.82, 2.24) is 5.32 Å². The van der Waals surface area contributed by atoms with Gasteiger partial charge in [-0.05, 0) is 79.0 Å². The van der Waals surface area contributed by atoms with Gasteiger partial charge in [0.05, 0.1) is 12.0 Å². The number of nitrogens with one attached hydrogen (secondary N) is 3. The number of rotatable bonds is 6. The maximum atomic E-state index is 12.6. The van der Waals surface area contributed by atoms with Gasteiger partial charge in [-0.2, -0.15) is 0 Å². The summed E-state index contributed by atoms with van der Waals surface area (Å²) in [6.07, 6.45) is 3.58. The summed E-state index contributed by atoms with van der Waals surface area (Å²) in [5.74, 6) is 1.91. The van der Waals surface area contributed by atoms with E-state index in [4.69, 9.17) is 17.0 Å². The quantitative estimate of drug-likeness (QED) is 0.562. The van der Waals surface area contributed by atoms with Crippen LogP contribution in [-0.4, -0.2) is 26.7 Å². The van der Waals surface area contributed by atoms with Gasteiger partial charge >= 0.3 is 0 Å². The Bertz CT molecular complexity index is 960. The number of anilines is 2. The van der Waals surface area contributed by atoms with Gasteiger partial charge in [0.1, 0.15) is 5.75 Å². The van der Waals surface area contributed by atoms with E-state index in [9.17, 15) is 8.42 Å². The van der Waals surface area contributed by atoms with Crippen molar-refractivity contribution in [3.05, 3.63) is 48.5 Å². The van der Waals surface area contributed by atoms with Crippen molar-refractivity contribution in [2.75, 3.05) is 17.1 Å². The highest BCUT2D eigenvalue weighted by molar-refractivity contribution is 7.92. The van der Waals surface area contributed by atoms with Gasteiger partial charge in [0.15, 0.2) is 5.11 Å². The number of thiocarbonyl (C=S) groups is 1. The molecule has 3 rings (SSSR count). The Labute approximate surface area is 184 Å². The lowest BCUT2D eigenvalue weighted by molar-refractivity contribution is 0.225. The molecule has 1 fully saturated rings. The normalized spacial score (nSPS) is 21.5. The van der Waals surface area contributed by atoms with Crippen molar-refractivity contribution in [1.29, 1.82) is 0 Å². The molecule has 0 amide bonds. The minimum absolute atomic E-state index is 0.178. The molecule has 0 heterocycles. The predicted octanol–water partition coefficient (Wildman–Crippen LogP) is 4.61. The first kappa shape index (κ1) is 22.4. The van der Waals surface area contributed by atoms with Gasteiger partial charge in [-0.3, -0.25) is 4.72 Å². The number of benzene rings is 2. The Balaban J connectivity index is 1.60. The molecule has 0 bridgehead atoms. The second kappa shape index (κ2) is 9.66. The third kappa shape index (κ3) is 5.64. The molecule has 2 aromatic carbocycles. The van der Waals surface area contributed by atoms with Crippen molar-refractivity contribution in [2.24, 2.45) is 11.8 Å². The number of hydrogen-bond acceptors (Lipinski definition) is 4. The molecule has 3 N–H and O–H groups in total. The number of methoxy groups -OCH3 is 1. The number of sulfonamides is 1. The van der Waals surface area contributed by atoms with Gasteiger partial charge in [-0.25, -0.2) is 8.42 Å². The van der Waals surface area contributed by atoms with Crippen molar-refractivity contribution < 1.29 is 13.2 Å². The van der Waals surface area contributed by atoms with Gasteiger partial charge in [-0.15, -0.1) is 0 Å². The first-order valence-electron chi connectivity index (χ1n) is 10.1. The Hall–Kier alpha value is -2.32. The maximum Gasteiger partial charge on any atom is 0.261 e. The molecule has 3 atom stereocenters. The molecular formula is C22H29N3O3S2. The molecule has 1 aliphatic carbocycles. The average Bonchev–Trinajstić information content (AvgIpc) is 2.72. The lowest BCUT2D eigenvalue weighted by atomic mass is 9.78. The van der Waals surface area contributed by atoms with Gasteiger partial charge in [-0.1, -0.05) is 26.7 Å². The summed E-state index contributed by atoms with van der Waals surface area (Å²) in [6.45, 7) is 4.55. The summed E-state index contributed by atoms with van der Waals surface area (Å²) in [4.78, 5) is 0.178. The fraction of sp³-hybridized carbons (Fsp3) is 0.409. The van der Waals surface area contributed by atoms with Crippen LogP contribution in [0.3, 0.4) is 0 Å². The summed E-state index contributed by atoms with van der Waals surface area (Å²) < 4.78 is 32.9. The fourth-order valence-electron chi connectivity index (χ4n) is 3.71. The molecule has 2 aromatic rings. The predicted molar refractivity (Wildman–Crippen MR) is 126 cm³/mol. The topological polar surface area (TPSA) is 79.5 Å². The average molecular weight is 448 g/mol. The molecule has 1 aliphatic rings. The SMILES string of the molecule is COc1ccc(NS(=O)(=O)c2ccc(NC(=S)N[C@@H]3CCC[C@@H](C)[C@@H]3C)cc2)cc1. The zero-order valence-corrected chi connectivity index (χ0v) is 19.1. The summed E-state index contributed by atoms with van der Waals surface area (Å²) in [6, 6.07) is 13.6. The van der Waals surface area contributed by atoms with Crippen LogP contribution in [0, 0.1) is 11.8 Å². The molecule has 0 saturated heterocycles. The molecule has 0 aromatic heterocycles. The van der Waals surface area contributed by atoms with Gasteiger partial charge in [0.2, 0.25) is 0 Å². The zero-order chi connectivity index (χ0) is 21.7. The van der Waals surface area contributed by atoms with E-state index < -0.39 is 10.0 Å². The van der Waals surface area contributed by atoms with E-state index in [1.807, 2.05) is 0 Å². The van der Waals surface area contributed by atoms with Crippen LogP contribution in [0.1, 0.15) is 33.1 Å². The molecule has 30 heavy (non-hydrogen) atoms. The summed E-state index contributed by atoms with van der Waals surface area (Å²) >= 11 is 5.46. The van der Waals surface area contributed by atoms with E-state index in [0.717, 1.165) is 12.1 Å². The zero-order valence-electron chi connectivity index (χ0n) is 17.5. The van der Waals surface area contributed by atoms with E-state index in [0.29, 0.717) is 34.4 Å². The van der Waals surface area contributed by atoms with E-state index in [2.05, 4.69) is 29.2 Å². The molecule has 0 aliphatic heterocycles. The van der Waals surface area contributed by atoms with Crippen molar-refractivity contribution in [2.45, 2.75) is 44.0 Å². The molecule has 6 nitrogen and oxygen atoms in total. The highest BCUT2D eigenvalue weighted by Crippen LogP contribution is 2.29. The van der Waals surface area contributed by atoms with Gasteiger partial charge in [0, 0.05) is 17.4 Å². The number of ether oxygens (including phenoxy) is 1. The lowest BCUT2D eigenvalue weighted by Gasteiger charge is -2.35. The molecule has 162 valence electrons. The molecule has 0 unspecified atom stereocenters. The highest BCUT2D eigenvalue weighted by atomic mass is 32.2. The Morgan fingerprint density at radius 2 is 1.63 bits per heavy atom. The van der Waals surface area contributed by atoms with Crippen molar-refractivity contribution in [3.8, 4) is 5.75 Å². The van der Waals surface area contributed by atoms with Crippen LogP contribution in [0.4, 0.5) is 11.4 Å². The van der Waals surface area contributed by atoms with E-state index >= 15 is 0 Å². The molecule has 0 spiro atoms. The smallest absolute Gasteiger partial charge is 0.261 e. The minimum Gasteiger partial charge on any atom is -0.497 e. The monoisotopic (exact) mass is 447 g/mol. The Kier molecular flexibility index (Phi) is 7.20. The molecule has 0 radical (unpaired) electrons. The number of hydrogen-bond donors (Lipinski definition) is 3. The molecular weight excluding hydrogens is 418 g/mol. The summed E-state index contributed by atoms with van der Waals surface area (Å²) in [5, 5.41) is 7.13. The summed E-state index contributed by atoms with van der Waals surface area (Å²) in [5.41, 5.74) is 1.21. The standard InChI is InChI=1S/C22H29N3O3S2/c1-15-5-4-6-21(16(15)2)24-22(29)23-17-9-13-20(14-10-17)30(26,27)25-18-7-11-19(28-3)12-8-18/h7-16,21,25H,4-6H2,1-3H3,(H2,23,24,29)/t15-,16+,21-/m1/s1. The van der Waals surface area contributed by atoms with Crippen molar-refractivity contribution in [3.63, 3.8) is 0 Å². The van der Waals surface area contributed by atoms with Crippen LogP contribution in [-0.2, 0) is 10.0 Å².